The van der Waals surface area contributed by atoms with Gasteiger partial charge in [-0.05, 0) is 26.3 Å². The summed E-state index contributed by atoms with van der Waals surface area (Å²) >= 11 is 3.65. The van der Waals surface area contributed by atoms with Gasteiger partial charge in [0.2, 0.25) is 11.0 Å². The summed E-state index contributed by atoms with van der Waals surface area (Å²) in [6, 6.07) is 0. The maximum atomic E-state index is 12.4. The van der Waals surface area contributed by atoms with E-state index in [1.165, 1.54) is 30.1 Å². The van der Waals surface area contributed by atoms with Crippen molar-refractivity contribution >= 4 is 62.4 Å². The SMILES string of the molecule is CCNc1nnc(SCC(=O)Nc2sc(C(=O)NC)c(C)c2C(=O)OCC)s1. The lowest BCUT2D eigenvalue weighted by Gasteiger charge is -2.06. The Kier molecular flexibility index (Phi) is 8.20. The number of esters is 1. The zero-order chi connectivity index (χ0) is 20.7. The second-order valence-electron chi connectivity index (χ2n) is 5.30. The fourth-order valence-electron chi connectivity index (χ4n) is 2.16. The molecule has 0 aliphatic heterocycles. The highest BCUT2D eigenvalue weighted by atomic mass is 32.2. The highest BCUT2D eigenvalue weighted by Crippen LogP contribution is 2.34. The van der Waals surface area contributed by atoms with Crippen LogP contribution >= 0.6 is 34.4 Å². The number of rotatable bonds is 9. The van der Waals surface area contributed by atoms with Crippen molar-refractivity contribution < 1.29 is 19.1 Å². The largest absolute Gasteiger partial charge is 0.462 e. The number of amides is 2. The van der Waals surface area contributed by atoms with Crippen molar-refractivity contribution in [3.8, 4) is 0 Å². The van der Waals surface area contributed by atoms with Crippen molar-refractivity contribution in [2.45, 2.75) is 25.1 Å². The summed E-state index contributed by atoms with van der Waals surface area (Å²) in [5.41, 5.74) is 0.680. The van der Waals surface area contributed by atoms with Gasteiger partial charge in [0.15, 0.2) is 4.34 Å². The minimum absolute atomic E-state index is 0.0925. The quantitative estimate of drug-likeness (QED) is 0.399. The molecule has 0 bridgehead atoms. The first-order valence-corrected chi connectivity index (χ1v) is 11.1. The van der Waals surface area contributed by atoms with Crippen LogP contribution < -0.4 is 16.0 Å². The van der Waals surface area contributed by atoms with Gasteiger partial charge in [-0.1, -0.05) is 23.1 Å². The summed E-state index contributed by atoms with van der Waals surface area (Å²) in [5.74, 6) is -1.13. The fourth-order valence-corrected chi connectivity index (χ4v) is 4.94. The minimum Gasteiger partial charge on any atom is -0.462 e. The van der Waals surface area contributed by atoms with E-state index in [1.54, 1.807) is 13.8 Å². The molecule has 0 fully saturated rings. The zero-order valence-electron chi connectivity index (χ0n) is 15.9. The van der Waals surface area contributed by atoms with E-state index in [4.69, 9.17) is 4.74 Å². The van der Waals surface area contributed by atoms with E-state index in [2.05, 4.69) is 26.1 Å². The number of nitrogens with one attached hydrogen (secondary N) is 3. The molecule has 28 heavy (non-hydrogen) atoms. The van der Waals surface area contributed by atoms with Gasteiger partial charge < -0.3 is 20.7 Å². The topological polar surface area (TPSA) is 122 Å². The van der Waals surface area contributed by atoms with Crippen LogP contribution in [0.1, 0.15) is 39.4 Å². The molecule has 0 radical (unpaired) electrons. The Balaban J connectivity index is 2.12. The Labute approximate surface area is 174 Å². The van der Waals surface area contributed by atoms with E-state index in [1.807, 2.05) is 6.92 Å². The van der Waals surface area contributed by atoms with Crippen LogP contribution in [0, 0.1) is 6.92 Å². The van der Waals surface area contributed by atoms with Crippen LogP contribution in [-0.4, -0.2) is 53.9 Å². The molecule has 0 atom stereocenters. The number of thiophene rings is 1. The molecule has 0 saturated heterocycles. The molecular weight excluding hydrogens is 422 g/mol. The molecule has 0 unspecified atom stereocenters. The zero-order valence-corrected chi connectivity index (χ0v) is 18.3. The van der Waals surface area contributed by atoms with E-state index in [0.29, 0.717) is 24.9 Å². The molecule has 3 N–H and O–H groups in total. The first-order valence-electron chi connectivity index (χ1n) is 8.43. The smallest absolute Gasteiger partial charge is 0.341 e. The molecule has 152 valence electrons. The van der Waals surface area contributed by atoms with E-state index in [9.17, 15) is 14.4 Å². The van der Waals surface area contributed by atoms with E-state index >= 15 is 0 Å². The summed E-state index contributed by atoms with van der Waals surface area (Å²) < 4.78 is 5.73. The molecule has 2 aromatic heterocycles. The third-order valence-electron chi connectivity index (χ3n) is 3.37. The number of thioether (sulfide) groups is 1. The van der Waals surface area contributed by atoms with Crippen molar-refractivity contribution in [1.82, 2.24) is 15.5 Å². The molecule has 0 saturated carbocycles. The van der Waals surface area contributed by atoms with Crippen molar-refractivity contribution in [3.63, 3.8) is 0 Å². The van der Waals surface area contributed by atoms with Crippen LogP contribution in [0.2, 0.25) is 0 Å². The van der Waals surface area contributed by atoms with Gasteiger partial charge in [-0.2, -0.15) is 0 Å². The lowest BCUT2D eigenvalue weighted by Crippen LogP contribution is -2.18. The lowest BCUT2D eigenvalue weighted by molar-refractivity contribution is -0.113. The predicted molar refractivity (Wildman–Crippen MR) is 112 cm³/mol. The minimum atomic E-state index is -0.575. The van der Waals surface area contributed by atoms with Crippen molar-refractivity contribution in [1.29, 1.82) is 0 Å². The first-order chi connectivity index (χ1) is 13.4. The van der Waals surface area contributed by atoms with Crippen molar-refractivity contribution in [2.75, 3.05) is 36.6 Å². The van der Waals surface area contributed by atoms with Crippen LogP contribution in [0.15, 0.2) is 4.34 Å². The molecule has 2 aromatic rings. The van der Waals surface area contributed by atoms with E-state index < -0.39 is 5.97 Å². The van der Waals surface area contributed by atoms with Gasteiger partial charge in [0, 0.05) is 13.6 Å². The molecule has 2 amide bonds. The number of aromatic nitrogens is 2. The molecule has 9 nitrogen and oxygen atoms in total. The van der Waals surface area contributed by atoms with Crippen molar-refractivity contribution in [3.05, 3.63) is 16.0 Å². The Morgan fingerprint density at radius 1 is 1.18 bits per heavy atom. The molecular formula is C16H21N5O4S3. The van der Waals surface area contributed by atoms with Crippen LogP contribution in [0.25, 0.3) is 0 Å². The number of hydrogen-bond acceptors (Lipinski definition) is 10. The fraction of sp³-hybridized carbons (Fsp3) is 0.438. The van der Waals surface area contributed by atoms with Crippen LogP contribution in [0.5, 0.6) is 0 Å². The van der Waals surface area contributed by atoms with Gasteiger partial charge in [-0.25, -0.2) is 4.79 Å². The van der Waals surface area contributed by atoms with Crippen LogP contribution in [-0.2, 0) is 9.53 Å². The predicted octanol–water partition coefficient (Wildman–Crippen LogP) is 2.61. The Morgan fingerprint density at radius 3 is 2.57 bits per heavy atom. The Hall–Kier alpha value is -2.18. The monoisotopic (exact) mass is 443 g/mol. The average molecular weight is 444 g/mol. The third kappa shape index (κ3) is 5.42. The molecule has 0 spiro atoms. The van der Waals surface area contributed by atoms with Gasteiger partial charge in [0.05, 0.1) is 22.8 Å². The average Bonchev–Trinajstić information content (AvgIpc) is 3.24. The Morgan fingerprint density at radius 2 is 1.93 bits per heavy atom. The number of nitrogens with zero attached hydrogens (tertiary/aromatic N) is 2. The molecule has 0 aliphatic carbocycles. The highest BCUT2D eigenvalue weighted by Gasteiger charge is 2.26. The number of anilines is 2. The summed E-state index contributed by atoms with van der Waals surface area (Å²) in [6.45, 7) is 6.23. The molecule has 0 aliphatic rings. The summed E-state index contributed by atoms with van der Waals surface area (Å²) in [4.78, 5) is 37.1. The van der Waals surface area contributed by atoms with Gasteiger partial charge in [0.25, 0.3) is 5.91 Å². The number of ether oxygens (including phenoxy) is 1. The number of carbonyl (C=O) groups excluding carboxylic acids is 3. The molecule has 0 aromatic carbocycles. The highest BCUT2D eigenvalue weighted by molar-refractivity contribution is 8.01. The summed E-state index contributed by atoms with van der Waals surface area (Å²) in [7, 11) is 1.50. The molecule has 12 heteroatoms. The van der Waals surface area contributed by atoms with Crippen LogP contribution in [0.3, 0.4) is 0 Å². The van der Waals surface area contributed by atoms with E-state index in [-0.39, 0.29) is 29.7 Å². The number of hydrogen-bond donors (Lipinski definition) is 3. The van der Waals surface area contributed by atoms with Gasteiger partial charge >= 0.3 is 5.97 Å². The molecule has 2 rings (SSSR count). The first kappa shape index (κ1) is 22.1. The Bertz CT molecular complexity index is 865. The van der Waals surface area contributed by atoms with Gasteiger partial charge in [-0.15, -0.1) is 21.5 Å². The number of carbonyl (C=O) groups is 3. The summed E-state index contributed by atoms with van der Waals surface area (Å²) in [6.07, 6.45) is 0. The third-order valence-corrected chi connectivity index (χ3v) is 6.59. The maximum absolute atomic E-state index is 12.4. The van der Waals surface area contributed by atoms with Crippen molar-refractivity contribution in [2.24, 2.45) is 0 Å². The second-order valence-corrected chi connectivity index (χ2v) is 8.52. The standard InChI is InChI=1S/C16H21N5O4S3/c1-5-18-15-20-21-16(28-15)26-7-9(22)19-13-10(14(24)25-6-2)8(3)11(27-13)12(23)17-4/h5-7H2,1-4H3,(H,17,23)(H,18,20)(H,19,22). The van der Waals surface area contributed by atoms with Crippen LogP contribution in [0.4, 0.5) is 10.1 Å². The normalized spacial score (nSPS) is 10.4. The maximum Gasteiger partial charge on any atom is 0.341 e. The van der Waals surface area contributed by atoms with E-state index in [0.717, 1.165) is 17.9 Å². The molecule has 2 heterocycles. The summed E-state index contributed by atoms with van der Waals surface area (Å²) in [5, 5.41) is 17.3. The van der Waals surface area contributed by atoms with Gasteiger partial charge in [-0.3, -0.25) is 9.59 Å². The van der Waals surface area contributed by atoms with Gasteiger partial charge in [0.1, 0.15) is 5.00 Å². The second kappa shape index (κ2) is 10.4. The lowest BCUT2D eigenvalue weighted by atomic mass is 10.1.